The molecule has 2 aliphatic heterocycles. The van der Waals surface area contributed by atoms with Gasteiger partial charge < -0.3 is 14.7 Å². The molecule has 0 N–H and O–H groups in total. The van der Waals surface area contributed by atoms with Crippen LogP contribution in [-0.4, -0.2) is 69.7 Å². The average molecular weight is 378 g/mol. The van der Waals surface area contributed by atoms with Gasteiger partial charge in [-0.15, -0.1) is 4.40 Å². The molecule has 0 radical (unpaired) electrons. The summed E-state index contributed by atoms with van der Waals surface area (Å²) in [5.74, 6) is 0.683. The fourth-order valence-corrected chi connectivity index (χ4v) is 4.57. The van der Waals surface area contributed by atoms with Crippen molar-refractivity contribution < 1.29 is 13.2 Å². The number of piperazine rings is 1. The third kappa shape index (κ3) is 3.61. The molecule has 0 aliphatic carbocycles. The van der Waals surface area contributed by atoms with Crippen molar-refractivity contribution in [2.45, 2.75) is 25.7 Å². The van der Waals surface area contributed by atoms with Gasteiger partial charge in [0.15, 0.2) is 0 Å². The number of amidine groups is 1. The second-order valence-corrected chi connectivity index (χ2v) is 8.97. The van der Waals surface area contributed by atoms with Crippen LogP contribution in [0.25, 0.3) is 0 Å². The summed E-state index contributed by atoms with van der Waals surface area (Å²) in [6.45, 7) is 9.45. The van der Waals surface area contributed by atoms with Crippen molar-refractivity contribution in [1.82, 2.24) is 9.80 Å². The molecule has 0 saturated carbocycles. The van der Waals surface area contributed by atoms with E-state index in [1.54, 1.807) is 24.0 Å². The molecule has 0 aromatic heterocycles. The second kappa shape index (κ2) is 7.00. The maximum Gasteiger partial charge on any atom is 0.286 e. The summed E-state index contributed by atoms with van der Waals surface area (Å²) in [6.07, 6.45) is 0. The van der Waals surface area contributed by atoms with E-state index in [-0.39, 0.29) is 10.8 Å². The van der Waals surface area contributed by atoms with Crippen molar-refractivity contribution in [3.05, 3.63) is 23.8 Å². The van der Waals surface area contributed by atoms with E-state index in [4.69, 9.17) is 0 Å². The first-order valence-electron chi connectivity index (χ1n) is 8.90. The van der Waals surface area contributed by atoms with Crippen LogP contribution in [0.3, 0.4) is 0 Å². The lowest BCUT2D eigenvalue weighted by Gasteiger charge is -2.33. The van der Waals surface area contributed by atoms with Gasteiger partial charge >= 0.3 is 0 Å². The van der Waals surface area contributed by atoms with E-state index in [2.05, 4.69) is 23.1 Å². The zero-order valence-corrected chi connectivity index (χ0v) is 16.6. The van der Waals surface area contributed by atoms with Crippen molar-refractivity contribution >= 4 is 27.5 Å². The molecule has 1 aromatic rings. The Morgan fingerprint density at radius 3 is 2.46 bits per heavy atom. The lowest BCUT2D eigenvalue weighted by atomic mass is 10.1. The monoisotopic (exact) mass is 378 g/mol. The Hall–Kier alpha value is -1.93. The number of carbonyl (C=O) groups is 1. The number of nitrogens with zero attached hydrogens (tertiary/aromatic N) is 4. The Bertz CT molecular complexity index is 840. The summed E-state index contributed by atoms with van der Waals surface area (Å²) in [4.78, 5) is 18.8. The number of rotatable bonds is 3. The van der Waals surface area contributed by atoms with Gasteiger partial charge in [0, 0.05) is 38.3 Å². The van der Waals surface area contributed by atoms with Gasteiger partial charge in [-0.05, 0) is 38.1 Å². The molecule has 2 heterocycles. The van der Waals surface area contributed by atoms with E-state index in [0.29, 0.717) is 42.6 Å². The second-order valence-electron chi connectivity index (χ2n) is 7.40. The van der Waals surface area contributed by atoms with Gasteiger partial charge in [0.1, 0.15) is 10.7 Å². The Balaban J connectivity index is 1.96. The van der Waals surface area contributed by atoms with Crippen LogP contribution < -0.4 is 4.90 Å². The van der Waals surface area contributed by atoms with Crippen LogP contribution in [0.1, 0.15) is 31.1 Å². The number of benzene rings is 1. The Labute approximate surface area is 155 Å². The Morgan fingerprint density at radius 2 is 1.85 bits per heavy atom. The van der Waals surface area contributed by atoms with E-state index in [0.717, 1.165) is 13.1 Å². The highest BCUT2D eigenvalue weighted by atomic mass is 32.2. The summed E-state index contributed by atoms with van der Waals surface area (Å²) in [7, 11) is -1.76. The van der Waals surface area contributed by atoms with Crippen LogP contribution in [0, 0.1) is 5.92 Å². The number of fused-ring (bicyclic) bond motifs is 1. The topological polar surface area (TPSA) is 73.3 Å². The van der Waals surface area contributed by atoms with E-state index in [1.807, 2.05) is 11.9 Å². The minimum atomic E-state index is -3.79. The molecule has 1 fully saturated rings. The van der Waals surface area contributed by atoms with Crippen LogP contribution in [0.15, 0.2) is 27.5 Å². The summed E-state index contributed by atoms with van der Waals surface area (Å²) in [5, 5.41) is 0. The van der Waals surface area contributed by atoms with Crippen LogP contribution >= 0.6 is 0 Å². The molecule has 0 unspecified atom stereocenters. The lowest BCUT2D eigenvalue weighted by Crippen LogP contribution is -2.47. The molecular formula is C18H26N4O3S. The quantitative estimate of drug-likeness (QED) is 0.800. The Morgan fingerprint density at radius 1 is 1.19 bits per heavy atom. The summed E-state index contributed by atoms with van der Waals surface area (Å²) in [5.41, 5.74) is 0.997. The largest absolute Gasteiger partial charge is 0.336 e. The van der Waals surface area contributed by atoms with Crippen molar-refractivity contribution in [1.29, 1.82) is 0 Å². The maximum atomic E-state index is 12.8. The highest BCUT2D eigenvalue weighted by molar-refractivity contribution is 7.90. The van der Waals surface area contributed by atoms with Crippen LogP contribution in [0.5, 0.6) is 0 Å². The van der Waals surface area contributed by atoms with E-state index < -0.39 is 10.0 Å². The third-order valence-corrected chi connectivity index (χ3v) is 6.14. The first-order valence-corrected chi connectivity index (χ1v) is 10.3. The van der Waals surface area contributed by atoms with Gasteiger partial charge in [0.25, 0.3) is 15.9 Å². The minimum absolute atomic E-state index is 0.115. The molecule has 1 amide bonds. The van der Waals surface area contributed by atoms with Crippen molar-refractivity contribution in [3.8, 4) is 0 Å². The number of anilines is 1. The molecule has 1 aromatic carbocycles. The average Bonchev–Trinajstić information content (AvgIpc) is 2.58. The lowest BCUT2D eigenvalue weighted by molar-refractivity contribution is 0.0664. The highest BCUT2D eigenvalue weighted by Gasteiger charge is 2.31. The van der Waals surface area contributed by atoms with Gasteiger partial charge in [-0.3, -0.25) is 4.79 Å². The molecule has 0 bridgehead atoms. The number of carbonyl (C=O) groups excluding carboxylic acids is 1. The first-order chi connectivity index (χ1) is 12.2. The van der Waals surface area contributed by atoms with Gasteiger partial charge in [-0.1, -0.05) is 13.8 Å². The molecular weight excluding hydrogens is 352 g/mol. The van der Waals surface area contributed by atoms with E-state index in [1.165, 1.54) is 6.07 Å². The van der Waals surface area contributed by atoms with Crippen molar-refractivity contribution in [2.24, 2.45) is 10.3 Å². The van der Waals surface area contributed by atoms with E-state index >= 15 is 0 Å². The zero-order chi connectivity index (χ0) is 19.1. The predicted octanol–water partition coefficient (Wildman–Crippen LogP) is 1.66. The SMILES string of the molecule is CC1=NS(=O)(=O)c2cc(C(=O)N3CCN(C)CC3)ccc2N1CC(C)C. The molecule has 3 rings (SSSR count). The summed E-state index contributed by atoms with van der Waals surface area (Å²) < 4.78 is 29.0. The number of hydrogen-bond donors (Lipinski definition) is 0. The van der Waals surface area contributed by atoms with Gasteiger partial charge in [-0.25, -0.2) is 0 Å². The van der Waals surface area contributed by atoms with Gasteiger partial charge in [0.05, 0.1) is 5.69 Å². The Kier molecular flexibility index (Phi) is 5.07. The first kappa shape index (κ1) is 18.8. The normalized spacial score (nSPS) is 20.1. The number of amides is 1. The van der Waals surface area contributed by atoms with Crippen molar-refractivity contribution in [2.75, 3.05) is 44.7 Å². The van der Waals surface area contributed by atoms with Crippen molar-refractivity contribution in [3.63, 3.8) is 0 Å². The molecule has 2 aliphatic rings. The fraction of sp³-hybridized carbons (Fsp3) is 0.556. The summed E-state index contributed by atoms with van der Waals surface area (Å²) >= 11 is 0. The number of sulfonamides is 1. The highest BCUT2D eigenvalue weighted by Crippen LogP contribution is 2.33. The maximum absolute atomic E-state index is 12.8. The molecule has 1 saturated heterocycles. The van der Waals surface area contributed by atoms with Crippen LogP contribution in [0.2, 0.25) is 0 Å². The molecule has 0 atom stereocenters. The fourth-order valence-electron chi connectivity index (χ4n) is 3.31. The number of hydrogen-bond acceptors (Lipinski definition) is 5. The minimum Gasteiger partial charge on any atom is -0.336 e. The number of likely N-dealkylation sites (N-methyl/N-ethyl adjacent to an activating group) is 1. The third-order valence-electron chi connectivity index (χ3n) is 4.76. The molecule has 7 nitrogen and oxygen atoms in total. The molecule has 0 spiro atoms. The standard InChI is InChI=1S/C18H26N4O3S/c1-13(2)12-22-14(3)19-26(24,25)17-11-15(5-6-16(17)22)18(23)21-9-7-20(4)8-10-21/h5-6,11,13H,7-10,12H2,1-4H3. The summed E-state index contributed by atoms with van der Waals surface area (Å²) in [6, 6.07) is 4.94. The molecule has 8 heteroatoms. The smallest absolute Gasteiger partial charge is 0.286 e. The van der Waals surface area contributed by atoms with E-state index in [9.17, 15) is 13.2 Å². The predicted molar refractivity (Wildman–Crippen MR) is 102 cm³/mol. The molecule has 142 valence electrons. The molecule has 26 heavy (non-hydrogen) atoms. The van der Waals surface area contributed by atoms with Crippen LogP contribution in [0.4, 0.5) is 5.69 Å². The van der Waals surface area contributed by atoms with Gasteiger partial charge in [-0.2, -0.15) is 8.42 Å². The van der Waals surface area contributed by atoms with Gasteiger partial charge in [0.2, 0.25) is 0 Å². The van der Waals surface area contributed by atoms with Crippen LogP contribution in [-0.2, 0) is 10.0 Å². The zero-order valence-electron chi connectivity index (χ0n) is 15.8.